The average molecular weight is 466 g/mol. The molecule has 1 unspecified atom stereocenters. The van der Waals surface area contributed by atoms with E-state index in [0.717, 1.165) is 17.0 Å². The third-order valence-corrected chi connectivity index (χ3v) is 8.99. The van der Waals surface area contributed by atoms with Gasteiger partial charge < -0.3 is 10.6 Å². The molecule has 4 aliphatic rings. The second-order valence-electron chi connectivity index (χ2n) is 11.5. The number of carbonyl (C=O) groups excluding carboxylic acids is 2. The van der Waals surface area contributed by atoms with Crippen molar-refractivity contribution in [3.63, 3.8) is 0 Å². The molecule has 3 N–H and O–H groups in total. The molecule has 2 saturated heterocycles. The molecule has 1 spiro atoms. The highest BCUT2D eigenvalue weighted by Crippen LogP contribution is 2.56. The molecule has 2 aliphatic carbocycles. The van der Waals surface area contributed by atoms with Gasteiger partial charge in [-0.2, -0.15) is 0 Å². The summed E-state index contributed by atoms with van der Waals surface area (Å²) in [6.07, 6.45) is 7.98. The minimum Gasteiger partial charge on any atom is -0.328 e. The summed E-state index contributed by atoms with van der Waals surface area (Å²) in [6, 6.07) is 6.04. The molecule has 3 heterocycles. The standard InChI is InChI=1S/C26H35N5O3/c1-29-22-10-17(4-7-20(22)31(25(29)34)21-8-9-23(32)28-24(21)33)18-11-26(12-18)14-30(15-26)13-16-2-5-19(27)6-3-16/h4,7,10,16,18-19,21H,2-3,5-6,8-9,11-15,27H2,1H3,(H,28,32,33). The third-order valence-electron chi connectivity index (χ3n) is 8.99. The summed E-state index contributed by atoms with van der Waals surface area (Å²) in [4.78, 5) is 39.6. The van der Waals surface area contributed by atoms with Crippen molar-refractivity contribution >= 4 is 22.8 Å². The fraction of sp³-hybridized carbons (Fsp3) is 0.654. The minimum absolute atomic E-state index is 0.204. The molecule has 1 aromatic carbocycles. The monoisotopic (exact) mass is 465 g/mol. The van der Waals surface area contributed by atoms with Crippen LogP contribution in [-0.4, -0.2) is 51.5 Å². The Bertz CT molecular complexity index is 1190. The van der Waals surface area contributed by atoms with Gasteiger partial charge in [-0.1, -0.05) is 6.07 Å². The molecule has 34 heavy (non-hydrogen) atoms. The molecule has 1 aromatic heterocycles. The zero-order chi connectivity index (χ0) is 23.6. The van der Waals surface area contributed by atoms with Crippen LogP contribution in [0.4, 0.5) is 0 Å². The van der Waals surface area contributed by atoms with Crippen molar-refractivity contribution in [2.45, 2.75) is 69.4 Å². The number of carbonyl (C=O) groups is 2. The van der Waals surface area contributed by atoms with Gasteiger partial charge in [0.15, 0.2) is 0 Å². The van der Waals surface area contributed by atoms with E-state index in [1.165, 1.54) is 63.7 Å². The summed E-state index contributed by atoms with van der Waals surface area (Å²) in [7, 11) is 1.76. The quantitative estimate of drug-likeness (QED) is 0.673. The zero-order valence-corrected chi connectivity index (χ0v) is 20.0. The maximum Gasteiger partial charge on any atom is 0.329 e. The van der Waals surface area contributed by atoms with Crippen LogP contribution in [0.3, 0.4) is 0 Å². The summed E-state index contributed by atoms with van der Waals surface area (Å²) >= 11 is 0. The van der Waals surface area contributed by atoms with Gasteiger partial charge in [-0.25, -0.2) is 4.79 Å². The van der Waals surface area contributed by atoms with Crippen LogP contribution < -0.4 is 16.7 Å². The molecule has 0 bridgehead atoms. The molecular weight excluding hydrogens is 430 g/mol. The SMILES string of the molecule is Cn1c(=O)n(C2CCC(=O)NC2=O)c2ccc(C3CC4(C3)CN(CC3CCC(N)CC3)C4)cc21. The van der Waals surface area contributed by atoms with Crippen molar-refractivity contribution in [1.29, 1.82) is 0 Å². The summed E-state index contributed by atoms with van der Waals surface area (Å²) in [5.41, 5.74) is 9.25. The molecule has 4 fully saturated rings. The van der Waals surface area contributed by atoms with Gasteiger partial charge in [-0.3, -0.25) is 24.0 Å². The number of hydrogen-bond acceptors (Lipinski definition) is 5. The van der Waals surface area contributed by atoms with Crippen molar-refractivity contribution < 1.29 is 9.59 Å². The van der Waals surface area contributed by atoms with Gasteiger partial charge in [-0.05, 0) is 79.9 Å². The van der Waals surface area contributed by atoms with E-state index in [1.807, 2.05) is 6.07 Å². The number of imide groups is 1. The fourth-order valence-corrected chi connectivity index (χ4v) is 7.11. The Morgan fingerprint density at radius 2 is 1.76 bits per heavy atom. The normalized spacial score (nSPS) is 29.8. The Morgan fingerprint density at radius 3 is 2.47 bits per heavy atom. The lowest BCUT2D eigenvalue weighted by Crippen LogP contribution is -2.62. The lowest BCUT2D eigenvalue weighted by Gasteiger charge is -2.60. The molecule has 8 nitrogen and oxygen atoms in total. The van der Waals surface area contributed by atoms with Crippen LogP contribution >= 0.6 is 0 Å². The number of benzene rings is 1. The van der Waals surface area contributed by atoms with Gasteiger partial charge in [0.05, 0.1) is 11.0 Å². The number of nitrogens with one attached hydrogen (secondary N) is 1. The van der Waals surface area contributed by atoms with Crippen LogP contribution in [0.1, 0.15) is 68.9 Å². The highest BCUT2D eigenvalue weighted by molar-refractivity contribution is 6.00. The van der Waals surface area contributed by atoms with Gasteiger partial charge in [0.25, 0.3) is 0 Å². The number of imidazole rings is 1. The molecule has 2 aromatic rings. The van der Waals surface area contributed by atoms with E-state index >= 15 is 0 Å². The van der Waals surface area contributed by atoms with Crippen molar-refractivity contribution in [2.24, 2.45) is 24.1 Å². The lowest BCUT2D eigenvalue weighted by atomic mass is 9.56. The Balaban J connectivity index is 1.12. The van der Waals surface area contributed by atoms with E-state index in [2.05, 4.69) is 22.3 Å². The van der Waals surface area contributed by atoms with E-state index in [4.69, 9.17) is 5.73 Å². The largest absolute Gasteiger partial charge is 0.329 e. The van der Waals surface area contributed by atoms with Gasteiger partial charge >= 0.3 is 5.69 Å². The van der Waals surface area contributed by atoms with Gasteiger partial charge in [0.1, 0.15) is 6.04 Å². The van der Waals surface area contributed by atoms with E-state index < -0.39 is 6.04 Å². The predicted molar refractivity (Wildman–Crippen MR) is 129 cm³/mol. The lowest BCUT2D eigenvalue weighted by molar-refractivity contribution is -0.135. The zero-order valence-electron chi connectivity index (χ0n) is 20.0. The summed E-state index contributed by atoms with van der Waals surface area (Å²) in [5, 5.41) is 2.37. The second kappa shape index (κ2) is 8.05. The number of aryl methyl sites for hydroxylation is 1. The molecule has 0 radical (unpaired) electrons. The number of hydrogen-bond donors (Lipinski definition) is 2. The van der Waals surface area contributed by atoms with E-state index in [0.29, 0.717) is 23.8 Å². The molecule has 6 rings (SSSR count). The van der Waals surface area contributed by atoms with Gasteiger partial charge in [0, 0.05) is 39.1 Å². The molecule has 2 saturated carbocycles. The molecular formula is C26H35N5O3. The molecule has 1 atom stereocenters. The first-order valence-electron chi connectivity index (χ1n) is 12.8. The molecule has 8 heteroatoms. The number of aromatic nitrogens is 2. The molecule has 2 aliphatic heterocycles. The molecule has 2 amide bonds. The van der Waals surface area contributed by atoms with Crippen LogP contribution in [0.5, 0.6) is 0 Å². The highest BCUT2D eigenvalue weighted by Gasteiger charge is 2.52. The number of fused-ring (bicyclic) bond motifs is 1. The Hall–Kier alpha value is -2.45. The topological polar surface area (TPSA) is 102 Å². The highest BCUT2D eigenvalue weighted by atomic mass is 16.2. The number of piperidine rings is 1. The van der Waals surface area contributed by atoms with Crippen LogP contribution in [0, 0.1) is 11.3 Å². The van der Waals surface area contributed by atoms with Crippen LogP contribution in [0.15, 0.2) is 23.0 Å². The number of nitrogens with two attached hydrogens (primary N) is 1. The fourth-order valence-electron chi connectivity index (χ4n) is 7.11. The Kier molecular flexibility index (Phi) is 5.22. The van der Waals surface area contributed by atoms with Gasteiger partial charge in [0.2, 0.25) is 11.8 Å². The average Bonchev–Trinajstić information content (AvgIpc) is 3.00. The maximum atomic E-state index is 13.0. The Labute approximate surface area is 199 Å². The van der Waals surface area contributed by atoms with Gasteiger partial charge in [-0.15, -0.1) is 0 Å². The summed E-state index contributed by atoms with van der Waals surface area (Å²) < 4.78 is 3.20. The smallest absolute Gasteiger partial charge is 0.328 e. The third kappa shape index (κ3) is 3.62. The van der Waals surface area contributed by atoms with Crippen molar-refractivity contribution in [2.75, 3.05) is 19.6 Å². The number of amides is 2. The van der Waals surface area contributed by atoms with Crippen molar-refractivity contribution in [3.8, 4) is 0 Å². The first-order valence-corrected chi connectivity index (χ1v) is 12.8. The first-order chi connectivity index (χ1) is 16.3. The summed E-state index contributed by atoms with van der Waals surface area (Å²) in [6.45, 7) is 3.68. The summed E-state index contributed by atoms with van der Waals surface area (Å²) in [5.74, 6) is 0.702. The second-order valence-corrected chi connectivity index (χ2v) is 11.5. The van der Waals surface area contributed by atoms with E-state index in [-0.39, 0.29) is 23.9 Å². The number of nitrogens with zero attached hydrogens (tertiary/aromatic N) is 3. The van der Waals surface area contributed by atoms with E-state index in [1.54, 1.807) is 16.2 Å². The predicted octanol–water partition coefficient (Wildman–Crippen LogP) is 2.01. The minimum atomic E-state index is -0.632. The maximum absolute atomic E-state index is 13.0. The van der Waals surface area contributed by atoms with Crippen molar-refractivity contribution in [1.82, 2.24) is 19.4 Å². The number of likely N-dealkylation sites (tertiary alicyclic amines) is 1. The van der Waals surface area contributed by atoms with Crippen LogP contribution in [0.2, 0.25) is 0 Å². The molecule has 182 valence electrons. The van der Waals surface area contributed by atoms with Crippen LogP contribution in [-0.2, 0) is 16.6 Å². The van der Waals surface area contributed by atoms with Crippen LogP contribution in [0.25, 0.3) is 11.0 Å². The number of rotatable bonds is 4. The Morgan fingerprint density at radius 1 is 1.03 bits per heavy atom. The van der Waals surface area contributed by atoms with E-state index in [9.17, 15) is 14.4 Å². The first kappa shape index (κ1) is 22.0. The van der Waals surface area contributed by atoms with Crippen molar-refractivity contribution in [3.05, 3.63) is 34.2 Å².